The van der Waals surface area contributed by atoms with Gasteiger partial charge in [0, 0.05) is 31.9 Å². The molecule has 1 atom stereocenters. The monoisotopic (exact) mass is 431 g/mol. The number of aryl methyl sites for hydroxylation is 1. The number of halogens is 1. The number of esters is 1. The number of nitrogens with one attached hydrogen (secondary N) is 1. The van der Waals surface area contributed by atoms with Gasteiger partial charge >= 0.3 is 5.97 Å². The smallest absolute Gasteiger partial charge is 0.338 e. The summed E-state index contributed by atoms with van der Waals surface area (Å²) in [5.41, 5.74) is 2.74. The van der Waals surface area contributed by atoms with E-state index < -0.39 is 11.8 Å². The number of hydrogen-bond donors (Lipinski definition) is 1. The summed E-state index contributed by atoms with van der Waals surface area (Å²) in [6.45, 7) is 6.60. The lowest BCUT2D eigenvalue weighted by Crippen LogP contribution is -2.28. The minimum atomic E-state index is -0.484. The predicted molar refractivity (Wildman–Crippen MR) is 114 cm³/mol. The van der Waals surface area contributed by atoms with E-state index in [2.05, 4.69) is 5.32 Å². The summed E-state index contributed by atoms with van der Waals surface area (Å²) in [4.78, 5) is 25.0. The Bertz CT molecular complexity index is 895. The summed E-state index contributed by atoms with van der Waals surface area (Å²) in [5.74, 6) is -0.981. The fourth-order valence-electron chi connectivity index (χ4n) is 3.65. The maximum absolute atomic E-state index is 13.0. The Kier molecular flexibility index (Phi) is 8.17. The number of benzene rings is 1. The topological polar surface area (TPSA) is 82.5 Å². The van der Waals surface area contributed by atoms with Crippen LogP contribution in [0.2, 0.25) is 0 Å². The molecule has 8 heteroatoms. The van der Waals surface area contributed by atoms with E-state index in [9.17, 15) is 14.0 Å². The fraction of sp³-hybridized carbons (Fsp3) is 0.522. The van der Waals surface area contributed by atoms with Crippen LogP contribution >= 0.6 is 0 Å². The second-order valence-corrected chi connectivity index (χ2v) is 7.83. The number of carbonyl (C=O) groups is 2. The van der Waals surface area contributed by atoms with Gasteiger partial charge in [0.2, 0.25) is 0 Å². The van der Waals surface area contributed by atoms with Crippen LogP contribution in [0.15, 0.2) is 24.3 Å². The standard InChI is InChI=1S/C23H30FN3O4/c1-3-27-21-19(6-4-12-30-13-5-11-25-22(21)28)20(26-27)14-16(2)15-31-23(29)17-7-9-18(24)10-8-17/h7-10,16H,3-6,11-15H2,1-2H3,(H,25,28)/t16-/m1/s1. The van der Waals surface area contributed by atoms with Gasteiger partial charge in [-0.2, -0.15) is 5.10 Å². The highest BCUT2D eigenvalue weighted by molar-refractivity contribution is 5.94. The third-order valence-corrected chi connectivity index (χ3v) is 5.24. The van der Waals surface area contributed by atoms with Crippen molar-refractivity contribution in [3.05, 3.63) is 52.6 Å². The first-order valence-electron chi connectivity index (χ1n) is 10.9. The van der Waals surface area contributed by atoms with E-state index in [1.165, 1.54) is 24.3 Å². The molecule has 1 aromatic carbocycles. The van der Waals surface area contributed by atoms with Crippen molar-refractivity contribution in [3.63, 3.8) is 0 Å². The number of fused-ring (bicyclic) bond motifs is 1. The highest BCUT2D eigenvalue weighted by Crippen LogP contribution is 2.21. The molecule has 0 saturated heterocycles. The van der Waals surface area contributed by atoms with Gasteiger partial charge < -0.3 is 14.8 Å². The van der Waals surface area contributed by atoms with Crippen molar-refractivity contribution in [1.82, 2.24) is 15.1 Å². The lowest BCUT2D eigenvalue weighted by atomic mass is 9.99. The number of nitrogens with zero attached hydrogens (tertiary/aromatic N) is 2. The van der Waals surface area contributed by atoms with Gasteiger partial charge in [-0.15, -0.1) is 0 Å². The van der Waals surface area contributed by atoms with Gasteiger partial charge in [0.15, 0.2) is 0 Å². The van der Waals surface area contributed by atoms with Crippen molar-refractivity contribution in [3.8, 4) is 0 Å². The summed E-state index contributed by atoms with van der Waals surface area (Å²) < 4.78 is 25.8. The van der Waals surface area contributed by atoms with Crippen LogP contribution in [0, 0.1) is 11.7 Å². The molecule has 2 aromatic rings. The number of rotatable bonds is 6. The number of hydrogen-bond acceptors (Lipinski definition) is 5. The zero-order chi connectivity index (χ0) is 22.2. The Balaban J connectivity index is 1.70. The van der Waals surface area contributed by atoms with Crippen molar-refractivity contribution in [2.24, 2.45) is 5.92 Å². The molecular weight excluding hydrogens is 401 g/mol. The zero-order valence-electron chi connectivity index (χ0n) is 18.2. The van der Waals surface area contributed by atoms with E-state index in [-0.39, 0.29) is 18.4 Å². The molecule has 1 aliphatic heterocycles. The third-order valence-electron chi connectivity index (χ3n) is 5.24. The van der Waals surface area contributed by atoms with Crippen molar-refractivity contribution in [2.45, 2.75) is 46.1 Å². The van der Waals surface area contributed by atoms with E-state index >= 15 is 0 Å². The highest BCUT2D eigenvalue weighted by Gasteiger charge is 2.24. The van der Waals surface area contributed by atoms with Crippen LogP contribution in [0.4, 0.5) is 4.39 Å². The van der Waals surface area contributed by atoms with Crippen molar-refractivity contribution in [1.29, 1.82) is 0 Å². The molecule has 7 nitrogen and oxygen atoms in total. The normalized spacial score (nSPS) is 16.0. The van der Waals surface area contributed by atoms with Crippen LogP contribution < -0.4 is 5.32 Å². The molecule has 168 valence electrons. The SMILES string of the molecule is CCn1nc(C[C@@H](C)COC(=O)c2ccc(F)cc2)c2c1C(=O)NCCCOCCC2. The first kappa shape index (κ1) is 22.9. The predicted octanol–water partition coefficient (Wildman–Crippen LogP) is 3.16. The summed E-state index contributed by atoms with van der Waals surface area (Å²) in [6.07, 6.45) is 2.89. The number of aromatic nitrogens is 2. The van der Waals surface area contributed by atoms with E-state index in [1.54, 1.807) is 4.68 Å². The maximum atomic E-state index is 13.0. The number of carbonyl (C=O) groups excluding carboxylic acids is 2. The molecule has 1 aliphatic rings. The minimum Gasteiger partial charge on any atom is -0.462 e. The second kappa shape index (κ2) is 11.0. The van der Waals surface area contributed by atoms with Gasteiger partial charge in [-0.05, 0) is 62.8 Å². The van der Waals surface area contributed by atoms with E-state index in [0.717, 1.165) is 24.1 Å². The van der Waals surface area contributed by atoms with Gasteiger partial charge in [0.25, 0.3) is 5.91 Å². The molecule has 1 N–H and O–H groups in total. The van der Waals surface area contributed by atoms with Gasteiger partial charge in [-0.1, -0.05) is 6.92 Å². The summed E-state index contributed by atoms with van der Waals surface area (Å²) >= 11 is 0. The Morgan fingerprint density at radius 3 is 2.77 bits per heavy atom. The zero-order valence-corrected chi connectivity index (χ0v) is 18.2. The molecule has 0 spiro atoms. The van der Waals surface area contributed by atoms with Crippen molar-refractivity contribution < 1.29 is 23.5 Å². The van der Waals surface area contributed by atoms with Gasteiger partial charge in [0.05, 0.1) is 17.9 Å². The van der Waals surface area contributed by atoms with Crippen molar-refractivity contribution in [2.75, 3.05) is 26.4 Å². The average Bonchev–Trinajstić information content (AvgIpc) is 3.09. The highest BCUT2D eigenvalue weighted by atomic mass is 19.1. The lowest BCUT2D eigenvalue weighted by Gasteiger charge is -2.12. The van der Waals surface area contributed by atoms with Crippen molar-refractivity contribution >= 4 is 11.9 Å². The fourth-order valence-corrected chi connectivity index (χ4v) is 3.65. The molecule has 1 aromatic heterocycles. The summed E-state index contributed by atoms with van der Waals surface area (Å²) in [6, 6.07) is 5.28. The molecule has 31 heavy (non-hydrogen) atoms. The van der Waals surface area contributed by atoms with Crippen LogP contribution in [0.25, 0.3) is 0 Å². The van der Waals surface area contributed by atoms with E-state index in [0.29, 0.717) is 50.4 Å². The van der Waals surface area contributed by atoms with Crippen LogP contribution in [-0.4, -0.2) is 48.0 Å². The minimum absolute atomic E-state index is 0.00574. The van der Waals surface area contributed by atoms with Gasteiger partial charge in [-0.3, -0.25) is 9.48 Å². The molecular formula is C23H30FN3O4. The first-order chi connectivity index (χ1) is 15.0. The Morgan fingerprint density at radius 1 is 1.29 bits per heavy atom. The summed E-state index contributed by atoms with van der Waals surface area (Å²) in [5, 5.41) is 7.66. The molecule has 2 heterocycles. The Hall–Kier alpha value is -2.74. The summed E-state index contributed by atoms with van der Waals surface area (Å²) in [7, 11) is 0. The van der Waals surface area contributed by atoms with Crippen LogP contribution in [0.3, 0.4) is 0 Å². The van der Waals surface area contributed by atoms with Gasteiger partial charge in [0.1, 0.15) is 11.5 Å². The second-order valence-electron chi connectivity index (χ2n) is 7.83. The third kappa shape index (κ3) is 6.13. The molecule has 0 bridgehead atoms. The van der Waals surface area contributed by atoms with Crippen LogP contribution in [0.1, 0.15) is 58.8 Å². The molecule has 0 radical (unpaired) electrons. The van der Waals surface area contributed by atoms with Crippen LogP contribution in [-0.2, 0) is 28.9 Å². The Labute approximate surface area is 181 Å². The molecule has 0 aliphatic carbocycles. The first-order valence-corrected chi connectivity index (χ1v) is 10.9. The van der Waals surface area contributed by atoms with Gasteiger partial charge in [-0.25, -0.2) is 9.18 Å². The quantitative estimate of drug-likeness (QED) is 0.711. The molecule has 3 rings (SSSR count). The maximum Gasteiger partial charge on any atom is 0.338 e. The molecule has 0 saturated carbocycles. The molecule has 0 unspecified atom stereocenters. The lowest BCUT2D eigenvalue weighted by molar-refractivity contribution is 0.0448. The average molecular weight is 432 g/mol. The number of ether oxygens (including phenoxy) is 2. The molecule has 1 amide bonds. The van der Waals surface area contributed by atoms with E-state index in [1.807, 2.05) is 13.8 Å². The number of amides is 1. The Morgan fingerprint density at radius 2 is 2.03 bits per heavy atom. The van der Waals surface area contributed by atoms with Crippen LogP contribution in [0.5, 0.6) is 0 Å². The molecule has 0 fully saturated rings. The largest absolute Gasteiger partial charge is 0.462 e. The van der Waals surface area contributed by atoms with E-state index in [4.69, 9.17) is 14.6 Å².